The second kappa shape index (κ2) is 4.24. The van der Waals surface area contributed by atoms with Crippen molar-refractivity contribution in [3.63, 3.8) is 0 Å². The molecule has 2 heteroatoms. The summed E-state index contributed by atoms with van der Waals surface area (Å²) in [7, 11) is 0. The van der Waals surface area contributed by atoms with E-state index in [1.807, 2.05) is 0 Å². The molecule has 4 aliphatic rings. The van der Waals surface area contributed by atoms with Gasteiger partial charge in [-0.05, 0) is 55.8 Å². The molecule has 3 aliphatic carbocycles. The molecule has 3 saturated carbocycles. The largest absolute Gasteiger partial charge is 0.311 e. The highest BCUT2D eigenvalue weighted by Crippen LogP contribution is 2.52. The molecule has 0 aromatic rings. The summed E-state index contributed by atoms with van der Waals surface area (Å²) in [6.07, 6.45) is 10.6. The number of hydrogen-bond acceptors (Lipinski definition) is 2. The smallest absolute Gasteiger partial charge is 0.0252 e. The van der Waals surface area contributed by atoms with E-state index in [2.05, 4.69) is 10.6 Å². The van der Waals surface area contributed by atoms with Crippen molar-refractivity contribution in [2.45, 2.75) is 57.0 Å². The van der Waals surface area contributed by atoms with E-state index in [0.29, 0.717) is 0 Å². The Morgan fingerprint density at radius 1 is 0.647 bits per heavy atom. The van der Waals surface area contributed by atoms with Crippen molar-refractivity contribution in [1.82, 2.24) is 10.6 Å². The molecule has 4 fully saturated rings. The molecule has 0 spiro atoms. The van der Waals surface area contributed by atoms with Gasteiger partial charge in [-0.1, -0.05) is 12.8 Å². The summed E-state index contributed by atoms with van der Waals surface area (Å²) in [5.41, 5.74) is 0. The van der Waals surface area contributed by atoms with Crippen LogP contribution in [0.4, 0.5) is 0 Å². The summed E-state index contributed by atoms with van der Waals surface area (Å²) < 4.78 is 0. The molecule has 0 aromatic heterocycles. The Kier molecular flexibility index (Phi) is 2.69. The molecule has 0 aromatic carbocycles. The van der Waals surface area contributed by atoms with Gasteiger partial charge in [0.15, 0.2) is 0 Å². The fourth-order valence-electron chi connectivity index (χ4n) is 5.67. The van der Waals surface area contributed by atoms with Gasteiger partial charge >= 0.3 is 0 Å². The molecule has 1 saturated heterocycles. The quantitative estimate of drug-likeness (QED) is 0.671. The number of fused-ring (bicyclic) bond motifs is 5. The Morgan fingerprint density at radius 3 is 2.53 bits per heavy atom. The van der Waals surface area contributed by atoms with Gasteiger partial charge in [-0.25, -0.2) is 0 Å². The number of hydrogen-bond donors (Lipinski definition) is 2. The maximum Gasteiger partial charge on any atom is 0.0252 e. The zero-order chi connectivity index (χ0) is 11.2. The standard InChI is InChI=1S/C15H26N2/c1-2-10-4-5-13-12(11(10)3-1)6-7-14-15(13)17-9-8-16-14/h10-17H,1-9H2. The van der Waals surface area contributed by atoms with Crippen LogP contribution in [-0.2, 0) is 0 Å². The average molecular weight is 234 g/mol. The zero-order valence-corrected chi connectivity index (χ0v) is 10.8. The van der Waals surface area contributed by atoms with Crippen molar-refractivity contribution in [1.29, 1.82) is 0 Å². The Hall–Kier alpha value is -0.0800. The minimum Gasteiger partial charge on any atom is -0.311 e. The van der Waals surface area contributed by atoms with Crippen molar-refractivity contribution in [2.75, 3.05) is 13.1 Å². The SMILES string of the molecule is C1CC2CCC3C(CCC4NCCNC43)C2C1. The minimum atomic E-state index is 0.794. The first-order valence-electron chi connectivity index (χ1n) is 7.90. The lowest BCUT2D eigenvalue weighted by Gasteiger charge is -2.52. The first-order chi connectivity index (χ1) is 8.43. The van der Waals surface area contributed by atoms with Crippen LogP contribution in [0, 0.1) is 23.7 Å². The van der Waals surface area contributed by atoms with Crippen LogP contribution in [0.15, 0.2) is 0 Å². The van der Waals surface area contributed by atoms with E-state index in [1.54, 1.807) is 12.8 Å². The summed E-state index contributed by atoms with van der Waals surface area (Å²) >= 11 is 0. The molecule has 2 nitrogen and oxygen atoms in total. The van der Waals surface area contributed by atoms with E-state index in [1.165, 1.54) is 45.2 Å². The van der Waals surface area contributed by atoms with Crippen LogP contribution in [0.1, 0.15) is 44.9 Å². The second-order valence-electron chi connectivity index (χ2n) is 6.88. The van der Waals surface area contributed by atoms with Gasteiger partial charge in [0.05, 0.1) is 0 Å². The normalized spacial score (nSPS) is 53.6. The van der Waals surface area contributed by atoms with E-state index in [9.17, 15) is 0 Å². The third-order valence-corrected chi connectivity index (χ3v) is 6.31. The Labute approximate surface area is 105 Å². The molecular weight excluding hydrogens is 208 g/mol. The summed E-state index contributed by atoms with van der Waals surface area (Å²) in [6.45, 7) is 2.38. The maximum absolute atomic E-state index is 3.84. The molecule has 4 rings (SSSR count). The van der Waals surface area contributed by atoms with Crippen LogP contribution in [0.25, 0.3) is 0 Å². The van der Waals surface area contributed by atoms with Crippen molar-refractivity contribution in [3.05, 3.63) is 0 Å². The zero-order valence-electron chi connectivity index (χ0n) is 10.8. The summed E-state index contributed by atoms with van der Waals surface area (Å²) in [5.74, 6) is 4.30. The molecule has 6 unspecified atom stereocenters. The molecule has 0 radical (unpaired) electrons. The van der Waals surface area contributed by atoms with Gasteiger partial charge in [0.1, 0.15) is 0 Å². The molecule has 1 aliphatic heterocycles. The van der Waals surface area contributed by atoms with Crippen molar-refractivity contribution in [3.8, 4) is 0 Å². The molecular formula is C15H26N2. The molecule has 0 amide bonds. The van der Waals surface area contributed by atoms with Gasteiger partial charge in [-0.3, -0.25) is 0 Å². The van der Waals surface area contributed by atoms with Crippen LogP contribution in [-0.4, -0.2) is 25.2 Å². The van der Waals surface area contributed by atoms with Crippen LogP contribution < -0.4 is 10.6 Å². The van der Waals surface area contributed by atoms with Crippen LogP contribution in [0.2, 0.25) is 0 Å². The highest BCUT2D eigenvalue weighted by Gasteiger charge is 2.48. The molecule has 17 heavy (non-hydrogen) atoms. The lowest BCUT2D eigenvalue weighted by molar-refractivity contribution is 0.0234. The highest BCUT2D eigenvalue weighted by molar-refractivity contribution is 5.03. The van der Waals surface area contributed by atoms with Crippen LogP contribution >= 0.6 is 0 Å². The predicted molar refractivity (Wildman–Crippen MR) is 69.9 cm³/mol. The fourth-order valence-corrected chi connectivity index (χ4v) is 5.67. The molecule has 6 atom stereocenters. The predicted octanol–water partition coefficient (Wildman–Crippen LogP) is 2.15. The average Bonchev–Trinajstić information content (AvgIpc) is 2.86. The number of piperazine rings is 1. The summed E-state index contributed by atoms with van der Waals surface area (Å²) in [4.78, 5) is 0. The lowest BCUT2D eigenvalue weighted by atomic mass is 9.59. The summed E-state index contributed by atoms with van der Waals surface area (Å²) in [5, 5.41) is 7.59. The van der Waals surface area contributed by atoms with E-state index >= 15 is 0 Å². The Morgan fingerprint density at radius 2 is 1.53 bits per heavy atom. The molecule has 1 heterocycles. The van der Waals surface area contributed by atoms with E-state index in [-0.39, 0.29) is 0 Å². The Balaban J connectivity index is 1.56. The third kappa shape index (κ3) is 1.67. The van der Waals surface area contributed by atoms with E-state index < -0.39 is 0 Å². The molecule has 0 bridgehead atoms. The van der Waals surface area contributed by atoms with Gasteiger partial charge in [-0.15, -0.1) is 0 Å². The van der Waals surface area contributed by atoms with Gasteiger partial charge in [-0.2, -0.15) is 0 Å². The van der Waals surface area contributed by atoms with Gasteiger partial charge in [0, 0.05) is 25.2 Å². The van der Waals surface area contributed by atoms with Crippen molar-refractivity contribution >= 4 is 0 Å². The Bertz CT molecular complexity index is 291. The van der Waals surface area contributed by atoms with Crippen molar-refractivity contribution in [2.24, 2.45) is 23.7 Å². The first kappa shape index (κ1) is 10.8. The van der Waals surface area contributed by atoms with Gasteiger partial charge in [0.25, 0.3) is 0 Å². The third-order valence-electron chi connectivity index (χ3n) is 6.31. The minimum absolute atomic E-state index is 0.794. The second-order valence-corrected chi connectivity index (χ2v) is 6.88. The van der Waals surface area contributed by atoms with E-state index in [4.69, 9.17) is 0 Å². The van der Waals surface area contributed by atoms with Crippen LogP contribution in [0.3, 0.4) is 0 Å². The number of nitrogens with one attached hydrogen (secondary N) is 2. The maximum atomic E-state index is 3.84. The van der Waals surface area contributed by atoms with Crippen molar-refractivity contribution < 1.29 is 0 Å². The monoisotopic (exact) mass is 234 g/mol. The topological polar surface area (TPSA) is 24.1 Å². The fraction of sp³-hybridized carbons (Fsp3) is 1.00. The van der Waals surface area contributed by atoms with Gasteiger partial charge in [0.2, 0.25) is 0 Å². The van der Waals surface area contributed by atoms with E-state index in [0.717, 1.165) is 35.8 Å². The van der Waals surface area contributed by atoms with Crippen LogP contribution in [0.5, 0.6) is 0 Å². The highest BCUT2D eigenvalue weighted by atomic mass is 15.1. The molecule has 2 N–H and O–H groups in total. The molecule has 96 valence electrons. The number of rotatable bonds is 0. The lowest BCUT2D eigenvalue weighted by Crippen LogP contribution is -2.63. The first-order valence-corrected chi connectivity index (χ1v) is 7.90. The summed E-state index contributed by atoms with van der Waals surface area (Å²) in [6, 6.07) is 1.60. The van der Waals surface area contributed by atoms with Gasteiger partial charge < -0.3 is 10.6 Å².